The van der Waals surface area contributed by atoms with E-state index in [4.69, 9.17) is 4.74 Å². The van der Waals surface area contributed by atoms with E-state index in [1.165, 1.54) is 5.56 Å². The van der Waals surface area contributed by atoms with E-state index in [1.807, 2.05) is 36.4 Å². The van der Waals surface area contributed by atoms with E-state index in [2.05, 4.69) is 46.7 Å². The minimum atomic E-state index is -0.00198. The SMILES string of the molecule is COc1ccc(N(C)C(=O)CC2CCNC(=O)Cc3c([nH]c4ccccc34)SCc3cccc2c3)cc1. The maximum atomic E-state index is 13.3. The maximum absolute atomic E-state index is 13.3. The number of nitrogens with zero attached hydrogens (tertiary/aromatic N) is 1. The van der Waals surface area contributed by atoms with Gasteiger partial charge in [-0.3, -0.25) is 9.59 Å². The molecule has 3 aromatic carbocycles. The molecular weight excluding hydrogens is 482 g/mol. The minimum absolute atomic E-state index is 0.00186. The van der Waals surface area contributed by atoms with Crippen molar-refractivity contribution in [1.29, 1.82) is 0 Å². The van der Waals surface area contributed by atoms with Crippen LogP contribution in [0.25, 0.3) is 10.9 Å². The first kappa shape index (κ1) is 25.0. The van der Waals surface area contributed by atoms with Crippen molar-refractivity contribution >= 4 is 40.2 Å². The number of benzene rings is 3. The molecule has 0 spiro atoms. The second kappa shape index (κ2) is 11.1. The molecule has 1 aliphatic heterocycles. The molecule has 0 radical (unpaired) electrons. The predicted molar refractivity (Wildman–Crippen MR) is 149 cm³/mol. The Morgan fingerprint density at radius 2 is 1.89 bits per heavy atom. The number of aromatic amines is 1. The summed E-state index contributed by atoms with van der Waals surface area (Å²) in [6.07, 6.45) is 1.37. The lowest BCUT2D eigenvalue weighted by atomic mass is 9.90. The maximum Gasteiger partial charge on any atom is 0.227 e. The van der Waals surface area contributed by atoms with Crippen molar-refractivity contribution in [3.05, 3.63) is 89.5 Å². The Balaban J connectivity index is 1.38. The van der Waals surface area contributed by atoms with Crippen molar-refractivity contribution in [1.82, 2.24) is 10.3 Å². The molecule has 1 aromatic heterocycles. The summed E-state index contributed by atoms with van der Waals surface area (Å²) < 4.78 is 5.23. The number of methoxy groups -OCH3 is 1. The Bertz CT molecular complexity index is 1410. The largest absolute Gasteiger partial charge is 0.497 e. The van der Waals surface area contributed by atoms with Crippen LogP contribution in [0.3, 0.4) is 0 Å². The van der Waals surface area contributed by atoms with Crippen LogP contribution in [-0.2, 0) is 21.8 Å². The molecule has 5 rings (SSSR count). The van der Waals surface area contributed by atoms with Gasteiger partial charge in [0, 0.05) is 47.9 Å². The molecule has 1 unspecified atom stereocenters. The number of carbonyl (C=O) groups is 2. The third-order valence-corrected chi connectivity index (χ3v) is 8.10. The van der Waals surface area contributed by atoms with Gasteiger partial charge in [-0.2, -0.15) is 0 Å². The highest BCUT2D eigenvalue weighted by Crippen LogP contribution is 2.34. The zero-order chi connectivity index (χ0) is 25.8. The van der Waals surface area contributed by atoms with E-state index >= 15 is 0 Å². The van der Waals surface area contributed by atoms with Crippen LogP contribution in [-0.4, -0.2) is 37.5 Å². The molecule has 1 aliphatic rings. The number of thioether (sulfide) groups is 1. The van der Waals surface area contributed by atoms with Gasteiger partial charge in [0.15, 0.2) is 0 Å². The normalized spacial score (nSPS) is 16.1. The molecule has 2 heterocycles. The molecule has 0 saturated heterocycles. The predicted octanol–water partition coefficient (Wildman–Crippen LogP) is 5.67. The molecule has 7 heteroatoms. The average Bonchev–Trinajstić information content (AvgIpc) is 3.27. The zero-order valence-electron chi connectivity index (χ0n) is 21.1. The molecule has 2 bridgehead atoms. The van der Waals surface area contributed by atoms with Gasteiger partial charge in [0.2, 0.25) is 11.8 Å². The van der Waals surface area contributed by atoms with Gasteiger partial charge in [0.25, 0.3) is 0 Å². The number of rotatable bonds is 4. The fourth-order valence-corrected chi connectivity index (χ4v) is 5.89. The molecule has 6 nitrogen and oxygen atoms in total. The number of anilines is 1. The quantitative estimate of drug-likeness (QED) is 0.369. The summed E-state index contributed by atoms with van der Waals surface area (Å²) in [7, 11) is 3.43. The average molecular weight is 514 g/mol. The molecule has 4 aromatic rings. The van der Waals surface area contributed by atoms with Crippen LogP contribution in [0.5, 0.6) is 5.75 Å². The van der Waals surface area contributed by atoms with E-state index in [-0.39, 0.29) is 17.7 Å². The summed E-state index contributed by atoms with van der Waals surface area (Å²) in [5.74, 6) is 1.56. The van der Waals surface area contributed by atoms with Crippen molar-refractivity contribution in [3.8, 4) is 5.75 Å². The van der Waals surface area contributed by atoms with E-state index in [9.17, 15) is 9.59 Å². The third kappa shape index (κ3) is 5.67. The van der Waals surface area contributed by atoms with Gasteiger partial charge < -0.3 is 19.9 Å². The molecule has 1 atom stereocenters. The summed E-state index contributed by atoms with van der Waals surface area (Å²) in [4.78, 5) is 31.4. The van der Waals surface area contributed by atoms with Crippen molar-refractivity contribution in [2.75, 3.05) is 25.6 Å². The molecule has 0 saturated carbocycles. The molecule has 0 aliphatic carbocycles. The summed E-state index contributed by atoms with van der Waals surface area (Å²) in [6, 6.07) is 24.1. The number of ether oxygens (including phenoxy) is 1. The van der Waals surface area contributed by atoms with Gasteiger partial charge in [0.05, 0.1) is 18.6 Å². The van der Waals surface area contributed by atoms with Crippen molar-refractivity contribution in [2.24, 2.45) is 0 Å². The lowest BCUT2D eigenvalue weighted by molar-refractivity contribution is -0.120. The van der Waals surface area contributed by atoms with Gasteiger partial charge >= 0.3 is 0 Å². The first-order chi connectivity index (χ1) is 18.0. The van der Waals surface area contributed by atoms with Crippen LogP contribution in [0.2, 0.25) is 0 Å². The number of H-pyrrole nitrogens is 1. The van der Waals surface area contributed by atoms with Crippen LogP contribution in [0.4, 0.5) is 5.69 Å². The number of fused-ring (bicyclic) bond motifs is 5. The molecule has 190 valence electrons. The highest BCUT2D eigenvalue weighted by Gasteiger charge is 2.22. The fourth-order valence-electron chi connectivity index (χ4n) is 4.86. The van der Waals surface area contributed by atoms with Gasteiger partial charge in [-0.15, -0.1) is 11.8 Å². The summed E-state index contributed by atoms with van der Waals surface area (Å²) in [5.41, 5.74) is 5.24. The van der Waals surface area contributed by atoms with Crippen LogP contribution >= 0.6 is 11.8 Å². The number of aromatic nitrogens is 1. The van der Waals surface area contributed by atoms with Crippen LogP contribution in [0.1, 0.15) is 35.4 Å². The topological polar surface area (TPSA) is 74.4 Å². The van der Waals surface area contributed by atoms with Crippen LogP contribution in [0.15, 0.2) is 77.8 Å². The summed E-state index contributed by atoms with van der Waals surface area (Å²) in [5, 5.41) is 5.23. The number of para-hydroxylation sites is 1. The minimum Gasteiger partial charge on any atom is -0.497 e. The second-order valence-electron chi connectivity index (χ2n) is 9.38. The number of amides is 2. The molecular formula is C30H31N3O3S. The number of hydrogen-bond acceptors (Lipinski definition) is 4. The molecule has 37 heavy (non-hydrogen) atoms. The smallest absolute Gasteiger partial charge is 0.227 e. The fraction of sp³-hybridized carbons (Fsp3) is 0.267. The van der Waals surface area contributed by atoms with Crippen molar-refractivity contribution < 1.29 is 14.3 Å². The number of hydrogen-bond donors (Lipinski definition) is 2. The Kier molecular flexibility index (Phi) is 7.51. The Labute approximate surface area is 221 Å². The Morgan fingerprint density at radius 3 is 2.70 bits per heavy atom. The first-order valence-corrected chi connectivity index (χ1v) is 13.5. The highest BCUT2D eigenvalue weighted by atomic mass is 32.2. The lowest BCUT2D eigenvalue weighted by Gasteiger charge is -2.23. The lowest BCUT2D eigenvalue weighted by Crippen LogP contribution is -2.30. The number of carbonyl (C=O) groups excluding carboxylic acids is 2. The van der Waals surface area contributed by atoms with E-state index in [0.717, 1.165) is 44.2 Å². The summed E-state index contributed by atoms with van der Waals surface area (Å²) in [6.45, 7) is 0.512. The van der Waals surface area contributed by atoms with Gasteiger partial charge in [0.1, 0.15) is 5.75 Å². The highest BCUT2D eigenvalue weighted by molar-refractivity contribution is 7.98. The monoisotopic (exact) mass is 513 g/mol. The van der Waals surface area contributed by atoms with Gasteiger partial charge in [-0.05, 0) is 53.8 Å². The van der Waals surface area contributed by atoms with Gasteiger partial charge in [-0.1, -0.05) is 42.5 Å². The molecule has 2 N–H and O–H groups in total. The van der Waals surface area contributed by atoms with E-state index in [0.29, 0.717) is 25.8 Å². The Morgan fingerprint density at radius 1 is 1.08 bits per heavy atom. The molecule has 0 fully saturated rings. The van der Waals surface area contributed by atoms with E-state index < -0.39 is 0 Å². The van der Waals surface area contributed by atoms with Crippen molar-refractivity contribution in [3.63, 3.8) is 0 Å². The molecule has 2 amide bonds. The van der Waals surface area contributed by atoms with Crippen LogP contribution in [0, 0.1) is 0 Å². The van der Waals surface area contributed by atoms with Crippen molar-refractivity contribution in [2.45, 2.75) is 36.0 Å². The first-order valence-electron chi connectivity index (χ1n) is 12.5. The van der Waals surface area contributed by atoms with Gasteiger partial charge in [-0.25, -0.2) is 0 Å². The second-order valence-corrected chi connectivity index (χ2v) is 10.4. The standard InChI is InChI=1S/C30H31N3O3S/c1-33(23-10-12-24(36-2)13-11-23)29(35)17-22-14-15-31-28(34)18-26-25-8-3-4-9-27(25)32-30(26)37-19-20-6-5-7-21(22)16-20/h3-13,16,22,32H,14-15,17-19H2,1-2H3,(H,31,34). The summed E-state index contributed by atoms with van der Waals surface area (Å²) >= 11 is 1.72. The van der Waals surface area contributed by atoms with E-state index in [1.54, 1.807) is 30.8 Å². The Hall–Kier alpha value is -3.71. The number of nitrogens with one attached hydrogen (secondary N) is 2. The van der Waals surface area contributed by atoms with Crippen LogP contribution < -0.4 is 15.0 Å². The zero-order valence-corrected chi connectivity index (χ0v) is 21.9. The third-order valence-electron chi connectivity index (χ3n) is 6.99.